The van der Waals surface area contributed by atoms with Gasteiger partial charge in [0.05, 0.1) is 6.54 Å². The van der Waals surface area contributed by atoms with Crippen LogP contribution >= 0.6 is 0 Å². The molecule has 116 valence electrons. The van der Waals surface area contributed by atoms with E-state index in [1.165, 1.54) is 5.56 Å². The quantitative estimate of drug-likeness (QED) is 0.735. The Kier molecular flexibility index (Phi) is 4.79. The first-order chi connectivity index (χ1) is 11.3. The summed E-state index contributed by atoms with van der Waals surface area (Å²) in [5, 5.41) is 9.90. The molecule has 2 N–H and O–H groups in total. The number of hydrogen-bond acceptors (Lipinski definition) is 3. The molecule has 0 atom stereocenters. The van der Waals surface area contributed by atoms with Crippen molar-refractivity contribution in [1.82, 2.24) is 20.5 Å². The Morgan fingerprint density at radius 2 is 1.65 bits per heavy atom. The second-order valence-electron chi connectivity index (χ2n) is 5.23. The van der Waals surface area contributed by atoms with E-state index in [4.69, 9.17) is 0 Å². The van der Waals surface area contributed by atoms with Crippen LogP contribution < -0.4 is 5.32 Å². The zero-order valence-corrected chi connectivity index (χ0v) is 12.7. The van der Waals surface area contributed by atoms with Crippen molar-refractivity contribution in [2.45, 2.75) is 19.4 Å². The van der Waals surface area contributed by atoms with Crippen molar-refractivity contribution < 1.29 is 4.79 Å². The molecule has 23 heavy (non-hydrogen) atoms. The van der Waals surface area contributed by atoms with Gasteiger partial charge in [-0.3, -0.25) is 9.89 Å². The number of H-pyrrole nitrogens is 1. The summed E-state index contributed by atoms with van der Waals surface area (Å²) < 4.78 is 0. The Bertz CT molecular complexity index is 753. The van der Waals surface area contributed by atoms with E-state index in [1.807, 2.05) is 36.4 Å². The SMILES string of the molecule is O=C(NCc1nc(CCc2ccccc2)n[nH]1)c1ccccc1. The second-order valence-corrected chi connectivity index (χ2v) is 5.23. The highest BCUT2D eigenvalue weighted by Gasteiger charge is 2.07. The van der Waals surface area contributed by atoms with E-state index in [2.05, 4.69) is 32.6 Å². The van der Waals surface area contributed by atoms with Crippen LogP contribution in [0.25, 0.3) is 0 Å². The zero-order chi connectivity index (χ0) is 15.9. The van der Waals surface area contributed by atoms with Gasteiger partial charge in [-0.05, 0) is 24.1 Å². The average molecular weight is 306 g/mol. The fourth-order valence-electron chi connectivity index (χ4n) is 2.28. The Balaban J connectivity index is 1.50. The van der Waals surface area contributed by atoms with E-state index in [1.54, 1.807) is 12.1 Å². The third-order valence-corrected chi connectivity index (χ3v) is 3.51. The van der Waals surface area contributed by atoms with E-state index >= 15 is 0 Å². The summed E-state index contributed by atoms with van der Waals surface area (Å²) in [6, 6.07) is 19.4. The molecule has 5 heteroatoms. The first kappa shape index (κ1) is 15.0. The van der Waals surface area contributed by atoms with E-state index in [0.29, 0.717) is 17.9 Å². The molecule has 0 saturated carbocycles. The van der Waals surface area contributed by atoms with Gasteiger partial charge >= 0.3 is 0 Å². The minimum atomic E-state index is -0.118. The number of nitrogens with one attached hydrogen (secondary N) is 2. The maximum absolute atomic E-state index is 12.0. The summed E-state index contributed by atoms with van der Waals surface area (Å²) in [6.45, 7) is 0.339. The number of amides is 1. The van der Waals surface area contributed by atoms with Crippen molar-refractivity contribution in [2.24, 2.45) is 0 Å². The van der Waals surface area contributed by atoms with Crippen LogP contribution in [0, 0.1) is 0 Å². The number of aromatic nitrogens is 3. The normalized spacial score (nSPS) is 10.4. The largest absolute Gasteiger partial charge is 0.345 e. The predicted octanol–water partition coefficient (Wildman–Crippen LogP) is 2.52. The van der Waals surface area contributed by atoms with E-state index in [0.717, 1.165) is 18.7 Å². The fraction of sp³-hybridized carbons (Fsp3) is 0.167. The molecule has 1 amide bonds. The van der Waals surface area contributed by atoms with Gasteiger partial charge in [0.1, 0.15) is 5.82 Å². The number of aromatic amines is 1. The lowest BCUT2D eigenvalue weighted by molar-refractivity contribution is 0.0950. The van der Waals surface area contributed by atoms with Crippen molar-refractivity contribution in [3.05, 3.63) is 83.4 Å². The van der Waals surface area contributed by atoms with Gasteiger partial charge in [0, 0.05) is 12.0 Å². The van der Waals surface area contributed by atoms with Crippen LogP contribution in [0.5, 0.6) is 0 Å². The number of aryl methyl sites for hydroxylation is 2. The molecule has 0 unspecified atom stereocenters. The third kappa shape index (κ3) is 4.26. The molecule has 3 aromatic rings. The molecular formula is C18H18N4O. The lowest BCUT2D eigenvalue weighted by Crippen LogP contribution is -2.23. The molecule has 0 radical (unpaired) electrons. The van der Waals surface area contributed by atoms with E-state index in [9.17, 15) is 4.79 Å². The summed E-state index contributed by atoms with van der Waals surface area (Å²) in [7, 11) is 0. The molecule has 1 heterocycles. The summed E-state index contributed by atoms with van der Waals surface area (Å²) in [5.41, 5.74) is 1.90. The predicted molar refractivity (Wildman–Crippen MR) is 87.8 cm³/mol. The fourth-order valence-corrected chi connectivity index (χ4v) is 2.28. The van der Waals surface area contributed by atoms with Crippen LogP contribution in [0.2, 0.25) is 0 Å². The molecule has 0 aliphatic heterocycles. The lowest BCUT2D eigenvalue weighted by atomic mass is 10.1. The van der Waals surface area contributed by atoms with Crippen molar-refractivity contribution in [1.29, 1.82) is 0 Å². The smallest absolute Gasteiger partial charge is 0.251 e. The summed E-state index contributed by atoms with van der Waals surface area (Å²) in [6.07, 6.45) is 1.67. The maximum atomic E-state index is 12.0. The second kappa shape index (κ2) is 7.35. The molecule has 1 aromatic heterocycles. The molecule has 5 nitrogen and oxygen atoms in total. The number of rotatable bonds is 6. The Morgan fingerprint density at radius 3 is 2.39 bits per heavy atom. The molecule has 2 aromatic carbocycles. The summed E-state index contributed by atoms with van der Waals surface area (Å²) >= 11 is 0. The molecular weight excluding hydrogens is 288 g/mol. The highest BCUT2D eigenvalue weighted by molar-refractivity contribution is 5.93. The minimum absolute atomic E-state index is 0.118. The minimum Gasteiger partial charge on any atom is -0.345 e. The summed E-state index contributed by atoms with van der Waals surface area (Å²) in [5.74, 6) is 1.31. The van der Waals surface area contributed by atoms with Gasteiger partial charge in [-0.25, -0.2) is 4.98 Å². The van der Waals surface area contributed by atoms with Crippen molar-refractivity contribution in [2.75, 3.05) is 0 Å². The van der Waals surface area contributed by atoms with Crippen molar-refractivity contribution >= 4 is 5.91 Å². The lowest BCUT2D eigenvalue weighted by Gasteiger charge is -2.02. The van der Waals surface area contributed by atoms with E-state index < -0.39 is 0 Å². The van der Waals surface area contributed by atoms with Crippen LogP contribution in [0.3, 0.4) is 0 Å². The number of hydrogen-bond donors (Lipinski definition) is 2. The molecule has 0 aliphatic carbocycles. The number of nitrogens with zero attached hydrogens (tertiary/aromatic N) is 2. The van der Waals surface area contributed by atoms with Crippen LogP contribution in [-0.2, 0) is 19.4 Å². The van der Waals surface area contributed by atoms with Gasteiger partial charge in [-0.2, -0.15) is 5.10 Å². The Hall–Kier alpha value is -2.95. The van der Waals surface area contributed by atoms with Gasteiger partial charge in [-0.1, -0.05) is 48.5 Å². The topological polar surface area (TPSA) is 70.7 Å². The van der Waals surface area contributed by atoms with Crippen LogP contribution in [-0.4, -0.2) is 21.1 Å². The van der Waals surface area contributed by atoms with Gasteiger partial charge in [0.15, 0.2) is 5.82 Å². The summed E-state index contributed by atoms with van der Waals surface area (Å²) in [4.78, 5) is 16.4. The van der Waals surface area contributed by atoms with Crippen molar-refractivity contribution in [3.63, 3.8) is 0 Å². The van der Waals surface area contributed by atoms with Gasteiger partial charge in [-0.15, -0.1) is 0 Å². The Morgan fingerprint density at radius 1 is 0.957 bits per heavy atom. The van der Waals surface area contributed by atoms with Crippen LogP contribution in [0.15, 0.2) is 60.7 Å². The van der Waals surface area contributed by atoms with Crippen LogP contribution in [0.4, 0.5) is 0 Å². The van der Waals surface area contributed by atoms with Crippen LogP contribution in [0.1, 0.15) is 27.6 Å². The zero-order valence-electron chi connectivity index (χ0n) is 12.7. The number of carbonyl (C=O) groups excluding carboxylic acids is 1. The average Bonchev–Trinajstić information content (AvgIpc) is 3.07. The van der Waals surface area contributed by atoms with Gasteiger partial charge < -0.3 is 5.32 Å². The van der Waals surface area contributed by atoms with Gasteiger partial charge in [0.2, 0.25) is 0 Å². The standard InChI is InChI=1S/C18H18N4O/c23-18(15-9-5-2-6-10-15)19-13-17-20-16(21-22-17)12-11-14-7-3-1-4-8-14/h1-10H,11-13H2,(H,19,23)(H,20,21,22). The molecule has 0 fully saturated rings. The first-order valence-electron chi connectivity index (χ1n) is 7.58. The molecule has 0 bridgehead atoms. The number of benzene rings is 2. The third-order valence-electron chi connectivity index (χ3n) is 3.51. The maximum Gasteiger partial charge on any atom is 0.251 e. The molecule has 3 rings (SSSR count). The van der Waals surface area contributed by atoms with Gasteiger partial charge in [0.25, 0.3) is 5.91 Å². The molecule has 0 aliphatic rings. The molecule has 0 spiro atoms. The monoisotopic (exact) mass is 306 g/mol. The van der Waals surface area contributed by atoms with Crippen molar-refractivity contribution in [3.8, 4) is 0 Å². The first-order valence-corrected chi connectivity index (χ1v) is 7.58. The highest BCUT2D eigenvalue weighted by Crippen LogP contribution is 2.04. The highest BCUT2D eigenvalue weighted by atomic mass is 16.1. The molecule has 0 saturated heterocycles. The number of carbonyl (C=O) groups is 1. The Labute approximate surface area is 134 Å². The van der Waals surface area contributed by atoms with E-state index in [-0.39, 0.29) is 5.91 Å².